The fourth-order valence-corrected chi connectivity index (χ4v) is 4.74. The van der Waals surface area contributed by atoms with E-state index in [2.05, 4.69) is 16.8 Å². The van der Waals surface area contributed by atoms with Gasteiger partial charge in [-0.3, -0.25) is 4.79 Å². The molecule has 0 saturated carbocycles. The van der Waals surface area contributed by atoms with E-state index in [4.69, 9.17) is 0 Å². The standard InChI is InChI=1S/C19H27N5O3S/c1-20-7-9-22(10-8-20)19(25)16-3-4-17-5-6-18(24(17)15-16)21-11-13-23(14-12-21)28(2,26)27/h3-6,15H,7-14H2,1-2H3. The summed E-state index contributed by atoms with van der Waals surface area (Å²) in [6.45, 7) is 5.52. The van der Waals surface area contributed by atoms with Gasteiger partial charge in [-0.25, -0.2) is 8.42 Å². The molecule has 8 nitrogen and oxygen atoms in total. The largest absolute Gasteiger partial charge is 0.355 e. The molecule has 4 rings (SSSR count). The topological polar surface area (TPSA) is 68.6 Å². The van der Waals surface area contributed by atoms with Gasteiger partial charge in [0.25, 0.3) is 5.91 Å². The molecule has 0 aliphatic carbocycles. The van der Waals surface area contributed by atoms with E-state index in [0.717, 1.165) is 37.5 Å². The maximum Gasteiger partial charge on any atom is 0.255 e. The lowest BCUT2D eigenvalue weighted by Gasteiger charge is -2.34. The molecule has 2 saturated heterocycles. The lowest BCUT2D eigenvalue weighted by atomic mass is 10.2. The van der Waals surface area contributed by atoms with E-state index >= 15 is 0 Å². The summed E-state index contributed by atoms with van der Waals surface area (Å²) in [4.78, 5) is 19.2. The minimum Gasteiger partial charge on any atom is -0.355 e. The van der Waals surface area contributed by atoms with Crippen LogP contribution in [0.2, 0.25) is 0 Å². The van der Waals surface area contributed by atoms with Crippen LogP contribution in [0.3, 0.4) is 0 Å². The summed E-state index contributed by atoms with van der Waals surface area (Å²) in [7, 11) is -1.08. The van der Waals surface area contributed by atoms with Crippen LogP contribution < -0.4 is 4.90 Å². The Morgan fingerprint density at radius 3 is 2.18 bits per heavy atom. The zero-order valence-electron chi connectivity index (χ0n) is 16.4. The number of hydrogen-bond acceptors (Lipinski definition) is 5. The SMILES string of the molecule is CN1CCN(C(=O)c2ccc3ccc(N4CCN(S(C)(=O)=O)CC4)n3c2)CC1. The number of fused-ring (bicyclic) bond motifs is 1. The molecule has 0 N–H and O–H groups in total. The van der Waals surface area contributed by atoms with Crippen molar-refractivity contribution in [2.45, 2.75) is 0 Å². The van der Waals surface area contributed by atoms with E-state index in [1.807, 2.05) is 39.8 Å². The molecule has 2 fully saturated rings. The van der Waals surface area contributed by atoms with Gasteiger partial charge in [0, 0.05) is 64.1 Å². The zero-order valence-corrected chi connectivity index (χ0v) is 17.2. The van der Waals surface area contributed by atoms with Gasteiger partial charge in [-0.05, 0) is 31.3 Å². The Balaban J connectivity index is 1.55. The molecule has 0 bridgehead atoms. The van der Waals surface area contributed by atoms with Crippen LogP contribution in [0.15, 0.2) is 30.5 Å². The van der Waals surface area contributed by atoms with Gasteiger partial charge < -0.3 is 19.1 Å². The first-order valence-corrected chi connectivity index (χ1v) is 11.5. The first-order chi connectivity index (χ1) is 13.3. The maximum absolute atomic E-state index is 12.9. The second-order valence-corrected chi connectivity index (χ2v) is 9.63. The Labute approximate surface area is 166 Å². The number of hydrogen-bond donors (Lipinski definition) is 0. The second kappa shape index (κ2) is 7.38. The summed E-state index contributed by atoms with van der Waals surface area (Å²) >= 11 is 0. The fraction of sp³-hybridized carbons (Fsp3) is 0.526. The maximum atomic E-state index is 12.9. The minimum absolute atomic E-state index is 0.0662. The van der Waals surface area contributed by atoms with Gasteiger partial charge in [0.05, 0.1) is 11.8 Å². The number of aromatic nitrogens is 1. The molecule has 28 heavy (non-hydrogen) atoms. The van der Waals surface area contributed by atoms with Crippen molar-refractivity contribution in [1.29, 1.82) is 0 Å². The van der Waals surface area contributed by atoms with Gasteiger partial charge in [0.2, 0.25) is 10.0 Å². The number of carbonyl (C=O) groups excluding carboxylic acids is 1. The average Bonchev–Trinajstić information content (AvgIpc) is 3.10. The smallest absolute Gasteiger partial charge is 0.255 e. The fourth-order valence-electron chi connectivity index (χ4n) is 3.91. The predicted molar refractivity (Wildman–Crippen MR) is 109 cm³/mol. The van der Waals surface area contributed by atoms with Gasteiger partial charge >= 0.3 is 0 Å². The quantitative estimate of drug-likeness (QED) is 0.740. The van der Waals surface area contributed by atoms with Crippen LogP contribution in [-0.4, -0.2) is 98.5 Å². The van der Waals surface area contributed by atoms with Crippen molar-refractivity contribution in [3.05, 3.63) is 36.0 Å². The number of piperazine rings is 2. The Morgan fingerprint density at radius 2 is 1.54 bits per heavy atom. The summed E-state index contributed by atoms with van der Waals surface area (Å²) in [5.74, 6) is 1.06. The van der Waals surface area contributed by atoms with Gasteiger partial charge in [-0.1, -0.05) is 0 Å². The van der Waals surface area contributed by atoms with Crippen LogP contribution in [-0.2, 0) is 10.0 Å². The second-order valence-electron chi connectivity index (χ2n) is 7.65. The molecule has 2 aliphatic rings. The lowest BCUT2D eigenvalue weighted by Crippen LogP contribution is -2.48. The summed E-state index contributed by atoms with van der Waals surface area (Å²) in [5, 5.41) is 0. The molecule has 152 valence electrons. The predicted octanol–water partition coefficient (Wildman–Crippen LogP) is 0.409. The van der Waals surface area contributed by atoms with Crippen molar-refractivity contribution in [2.24, 2.45) is 0 Å². The van der Waals surface area contributed by atoms with Gasteiger partial charge in [-0.15, -0.1) is 0 Å². The molecule has 9 heteroatoms. The van der Waals surface area contributed by atoms with Crippen molar-refractivity contribution in [3.8, 4) is 0 Å². The van der Waals surface area contributed by atoms with E-state index in [0.29, 0.717) is 31.7 Å². The van der Waals surface area contributed by atoms with E-state index in [9.17, 15) is 13.2 Å². The van der Waals surface area contributed by atoms with E-state index in [1.54, 1.807) is 0 Å². The van der Waals surface area contributed by atoms with Crippen LogP contribution in [0.25, 0.3) is 5.52 Å². The van der Waals surface area contributed by atoms with Crippen LogP contribution in [0, 0.1) is 0 Å². The molecule has 2 aromatic heterocycles. The van der Waals surface area contributed by atoms with Crippen molar-refractivity contribution in [1.82, 2.24) is 18.5 Å². The molecule has 1 amide bonds. The van der Waals surface area contributed by atoms with Crippen molar-refractivity contribution in [2.75, 3.05) is 70.6 Å². The number of amides is 1. The highest BCUT2D eigenvalue weighted by Crippen LogP contribution is 2.23. The first-order valence-electron chi connectivity index (χ1n) is 9.62. The third kappa shape index (κ3) is 3.74. The number of nitrogens with zero attached hydrogens (tertiary/aromatic N) is 5. The molecule has 0 spiro atoms. The van der Waals surface area contributed by atoms with Gasteiger partial charge in [-0.2, -0.15) is 4.31 Å². The Hall–Kier alpha value is -2.10. The van der Waals surface area contributed by atoms with Crippen LogP contribution >= 0.6 is 0 Å². The Kier molecular flexibility index (Phi) is 5.07. The van der Waals surface area contributed by atoms with Gasteiger partial charge in [0.15, 0.2) is 0 Å². The molecule has 2 aromatic rings. The number of sulfonamides is 1. The highest BCUT2D eigenvalue weighted by molar-refractivity contribution is 7.88. The Morgan fingerprint density at radius 1 is 0.893 bits per heavy atom. The molecule has 0 atom stereocenters. The van der Waals surface area contributed by atoms with Crippen molar-refractivity contribution in [3.63, 3.8) is 0 Å². The molecular weight excluding hydrogens is 378 g/mol. The third-order valence-electron chi connectivity index (χ3n) is 5.70. The summed E-state index contributed by atoms with van der Waals surface area (Å²) in [6.07, 6.45) is 3.17. The molecular formula is C19H27N5O3S. The van der Waals surface area contributed by atoms with E-state index in [-0.39, 0.29) is 5.91 Å². The zero-order chi connectivity index (χ0) is 19.9. The van der Waals surface area contributed by atoms with Crippen LogP contribution in [0.4, 0.5) is 5.82 Å². The normalized spacial score (nSPS) is 20.1. The molecule has 0 aromatic carbocycles. The van der Waals surface area contributed by atoms with Crippen LogP contribution in [0.5, 0.6) is 0 Å². The molecule has 0 unspecified atom stereocenters. The number of rotatable bonds is 3. The van der Waals surface area contributed by atoms with Crippen molar-refractivity contribution >= 4 is 27.3 Å². The minimum atomic E-state index is -3.15. The lowest BCUT2D eigenvalue weighted by molar-refractivity contribution is 0.0663. The van der Waals surface area contributed by atoms with Gasteiger partial charge in [0.1, 0.15) is 5.82 Å². The van der Waals surface area contributed by atoms with E-state index < -0.39 is 10.0 Å². The molecule has 2 aliphatic heterocycles. The number of carbonyl (C=O) groups is 1. The van der Waals surface area contributed by atoms with Crippen LogP contribution in [0.1, 0.15) is 10.4 Å². The number of pyridine rings is 1. The van der Waals surface area contributed by atoms with Crippen molar-refractivity contribution < 1.29 is 13.2 Å². The summed E-state index contributed by atoms with van der Waals surface area (Å²) < 4.78 is 27.0. The monoisotopic (exact) mass is 405 g/mol. The highest BCUT2D eigenvalue weighted by atomic mass is 32.2. The Bertz CT molecular complexity index is 971. The molecule has 0 radical (unpaired) electrons. The number of likely N-dealkylation sites (N-methyl/N-ethyl adjacent to an activating group) is 1. The number of anilines is 1. The summed E-state index contributed by atoms with van der Waals surface area (Å²) in [5.41, 5.74) is 1.71. The van der Waals surface area contributed by atoms with E-state index in [1.165, 1.54) is 10.6 Å². The molecule has 4 heterocycles. The highest BCUT2D eigenvalue weighted by Gasteiger charge is 2.25. The third-order valence-corrected chi connectivity index (χ3v) is 7.00. The summed E-state index contributed by atoms with van der Waals surface area (Å²) in [6, 6.07) is 7.93. The first kappa shape index (κ1) is 19.2. The average molecular weight is 406 g/mol.